The van der Waals surface area contributed by atoms with Gasteiger partial charge in [0.25, 0.3) is 0 Å². The van der Waals surface area contributed by atoms with Gasteiger partial charge < -0.3 is 0 Å². The monoisotopic (exact) mass is 478 g/mol. The summed E-state index contributed by atoms with van der Waals surface area (Å²) in [6.07, 6.45) is 8.90. The Hall–Kier alpha value is -2.74. The molecule has 3 aromatic carbocycles. The fourth-order valence-corrected chi connectivity index (χ4v) is 6.35. The Labute approximate surface area is 217 Å². The summed E-state index contributed by atoms with van der Waals surface area (Å²) in [4.78, 5) is 10.1. The largest absolute Gasteiger partial charge is 0.233 e. The van der Waals surface area contributed by atoms with Crippen LogP contribution in [0.15, 0.2) is 42.5 Å². The van der Waals surface area contributed by atoms with Crippen molar-refractivity contribution in [3.8, 4) is 11.3 Å². The zero-order valence-corrected chi connectivity index (χ0v) is 23.1. The Balaban J connectivity index is 1.75. The summed E-state index contributed by atoms with van der Waals surface area (Å²) in [5, 5.41) is 3.88. The molecule has 1 aromatic heterocycles. The third-order valence-corrected chi connectivity index (χ3v) is 7.87. The van der Waals surface area contributed by atoms with Crippen molar-refractivity contribution in [2.45, 2.75) is 92.4 Å². The lowest BCUT2D eigenvalue weighted by atomic mass is 9.83. The van der Waals surface area contributed by atoms with E-state index in [9.17, 15) is 0 Å². The van der Waals surface area contributed by atoms with Crippen LogP contribution in [0, 0.1) is 25.7 Å². The minimum absolute atomic E-state index is 0.590. The van der Waals surface area contributed by atoms with Crippen LogP contribution in [0.3, 0.4) is 0 Å². The molecule has 188 valence electrons. The SMILES string of the molecule is Cc1nc(-c2cccc(C3CCCCC3)c2)c2cc(C)c3cc(CC(C)C)cc(CC(C)C)c3c2n1. The molecule has 0 bridgehead atoms. The second kappa shape index (κ2) is 10.3. The predicted octanol–water partition coefficient (Wildman–Crippen LogP) is 9.51. The van der Waals surface area contributed by atoms with E-state index in [4.69, 9.17) is 9.97 Å². The quantitative estimate of drug-likeness (QED) is 0.258. The highest BCUT2D eigenvalue weighted by Crippen LogP contribution is 2.38. The van der Waals surface area contributed by atoms with Gasteiger partial charge in [-0.15, -0.1) is 0 Å². The second-order valence-corrected chi connectivity index (χ2v) is 12.0. The lowest BCUT2D eigenvalue weighted by Crippen LogP contribution is -2.05. The van der Waals surface area contributed by atoms with Crippen molar-refractivity contribution in [3.63, 3.8) is 0 Å². The topological polar surface area (TPSA) is 25.8 Å². The number of fused-ring (bicyclic) bond motifs is 3. The van der Waals surface area contributed by atoms with E-state index in [1.54, 1.807) is 0 Å². The zero-order chi connectivity index (χ0) is 25.4. The summed E-state index contributed by atoms with van der Waals surface area (Å²) < 4.78 is 0. The van der Waals surface area contributed by atoms with Gasteiger partial charge in [-0.3, -0.25) is 0 Å². The van der Waals surface area contributed by atoms with Gasteiger partial charge in [-0.05, 0) is 97.1 Å². The lowest BCUT2D eigenvalue weighted by Gasteiger charge is -2.22. The molecule has 2 heteroatoms. The molecule has 2 nitrogen and oxygen atoms in total. The molecule has 0 spiro atoms. The third-order valence-electron chi connectivity index (χ3n) is 7.87. The summed E-state index contributed by atoms with van der Waals surface area (Å²) in [6, 6.07) is 16.5. The number of hydrogen-bond acceptors (Lipinski definition) is 2. The van der Waals surface area contributed by atoms with E-state index in [2.05, 4.69) is 84.0 Å². The molecule has 0 amide bonds. The molecule has 0 aliphatic heterocycles. The Morgan fingerprint density at radius 3 is 2.28 bits per heavy atom. The summed E-state index contributed by atoms with van der Waals surface area (Å²) in [5.74, 6) is 2.77. The first-order valence-electron chi connectivity index (χ1n) is 14.1. The van der Waals surface area contributed by atoms with Gasteiger partial charge in [0.1, 0.15) is 5.82 Å². The van der Waals surface area contributed by atoms with Crippen LogP contribution >= 0.6 is 0 Å². The van der Waals surface area contributed by atoms with Crippen LogP contribution in [-0.4, -0.2) is 9.97 Å². The van der Waals surface area contributed by atoms with E-state index in [-0.39, 0.29) is 0 Å². The van der Waals surface area contributed by atoms with E-state index in [0.29, 0.717) is 17.8 Å². The van der Waals surface area contributed by atoms with Gasteiger partial charge in [0.2, 0.25) is 0 Å². The standard InChI is InChI=1S/C34H42N2/c1-21(2)15-25-18-29(16-22(3)4)32-30(19-25)23(5)17-31-33(35-24(6)36-34(31)32)28-14-10-13-27(20-28)26-11-8-7-9-12-26/h10,13-14,17-22,26H,7-9,11-12,15-16H2,1-6H3. The van der Waals surface area contributed by atoms with Crippen molar-refractivity contribution in [2.24, 2.45) is 11.8 Å². The number of aryl methyl sites for hydroxylation is 2. The van der Waals surface area contributed by atoms with Crippen LogP contribution in [0.2, 0.25) is 0 Å². The molecule has 5 rings (SSSR count). The number of rotatable bonds is 6. The van der Waals surface area contributed by atoms with Crippen molar-refractivity contribution in [3.05, 3.63) is 70.5 Å². The fourth-order valence-electron chi connectivity index (χ4n) is 6.35. The minimum atomic E-state index is 0.590. The molecule has 0 radical (unpaired) electrons. The van der Waals surface area contributed by atoms with Crippen molar-refractivity contribution >= 4 is 21.7 Å². The maximum Gasteiger partial charge on any atom is 0.126 e. The molecular formula is C34H42N2. The van der Waals surface area contributed by atoms with Crippen LogP contribution in [-0.2, 0) is 12.8 Å². The van der Waals surface area contributed by atoms with E-state index in [1.807, 2.05) is 0 Å². The van der Waals surface area contributed by atoms with Crippen LogP contribution in [0.5, 0.6) is 0 Å². The van der Waals surface area contributed by atoms with E-state index in [0.717, 1.165) is 29.9 Å². The Morgan fingerprint density at radius 1 is 0.806 bits per heavy atom. The number of nitrogens with zero attached hydrogens (tertiary/aromatic N) is 2. The first kappa shape index (κ1) is 24.9. The predicted molar refractivity (Wildman–Crippen MR) is 155 cm³/mol. The molecule has 0 saturated heterocycles. The first-order chi connectivity index (χ1) is 17.3. The molecule has 1 aliphatic rings. The highest BCUT2D eigenvalue weighted by molar-refractivity contribution is 6.12. The first-order valence-corrected chi connectivity index (χ1v) is 14.1. The Kier molecular flexibility index (Phi) is 7.15. The summed E-state index contributed by atoms with van der Waals surface area (Å²) in [7, 11) is 0. The molecule has 4 aromatic rings. The fraction of sp³-hybridized carbons (Fsp3) is 0.471. The van der Waals surface area contributed by atoms with E-state index in [1.165, 1.54) is 76.1 Å². The van der Waals surface area contributed by atoms with Gasteiger partial charge >= 0.3 is 0 Å². The van der Waals surface area contributed by atoms with E-state index < -0.39 is 0 Å². The van der Waals surface area contributed by atoms with Gasteiger partial charge in [-0.1, -0.05) is 77.3 Å². The molecule has 1 saturated carbocycles. The maximum atomic E-state index is 5.09. The van der Waals surface area contributed by atoms with E-state index >= 15 is 0 Å². The van der Waals surface area contributed by atoms with Crippen molar-refractivity contribution < 1.29 is 0 Å². The minimum Gasteiger partial charge on any atom is -0.233 e. The smallest absolute Gasteiger partial charge is 0.126 e. The van der Waals surface area contributed by atoms with Gasteiger partial charge in [0.05, 0.1) is 11.2 Å². The molecule has 1 heterocycles. The molecule has 1 fully saturated rings. The van der Waals surface area contributed by atoms with Gasteiger partial charge in [0.15, 0.2) is 0 Å². The number of hydrogen-bond donors (Lipinski definition) is 0. The van der Waals surface area contributed by atoms with Gasteiger partial charge in [-0.25, -0.2) is 9.97 Å². The molecular weight excluding hydrogens is 436 g/mol. The lowest BCUT2D eigenvalue weighted by molar-refractivity contribution is 0.443. The summed E-state index contributed by atoms with van der Waals surface area (Å²) in [6.45, 7) is 13.6. The summed E-state index contributed by atoms with van der Waals surface area (Å²) in [5.41, 5.74) is 9.12. The Bertz CT molecular complexity index is 1390. The highest BCUT2D eigenvalue weighted by atomic mass is 14.9. The second-order valence-electron chi connectivity index (χ2n) is 12.0. The maximum absolute atomic E-state index is 5.09. The van der Waals surface area contributed by atoms with Crippen molar-refractivity contribution in [1.82, 2.24) is 9.97 Å². The van der Waals surface area contributed by atoms with Crippen LogP contribution in [0.1, 0.15) is 93.8 Å². The molecule has 36 heavy (non-hydrogen) atoms. The highest BCUT2D eigenvalue weighted by Gasteiger charge is 2.19. The average Bonchev–Trinajstić information content (AvgIpc) is 2.84. The molecule has 0 unspecified atom stereocenters. The molecule has 0 N–H and O–H groups in total. The molecule has 0 atom stereocenters. The molecule has 1 aliphatic carbocycles. The van der Waals surface area contributed by atoms with Crippen molar-refractivity contribution in [2.75, 3.05) is 0 Å². The summed E-state index contributed by atoms with van der Waals surface area (Å²) >= 11 is 0. The normalized spacial score (nSPS) is 15.0. The average molecular weight is 479 g/mol. The van der Waals surface area contributed by atoms with Gasteiger partial charge in [-0.2, -0.15) is 0 Å². The third kappa shape index (κ3) is 5.05. The zero-order valence-electron chi connectivity index (χ0n) is 23.1. The van der Waals surface area contributed by atoms with Crippen LogP contribution < -0.4 is 0 Å². The number of aromatic nitrogens is 2. The number of benzene rings is 3. The van der Waals surface area contributed by atoms with Crippen LogP contribution in [0.4, 0.5) is 0 Å². The Morgan fingerprint density at radius 2 is 1.56 bits per heavy atom. The van der Waals surface area contributed by atoms with Gasteiger partial charge in [0, 0.05) is 16.3 Å². The van der Waals surface area contributed by atoms with Crippen LogP contribution in [0.25, 0.3) is 32.9 Å². The van der Waals surface area contributed by atoms with Crippen molar-refractivity contribution in [1.29, 1.82) is 0 Å².